The van der Waals surface area contributed by atoms with Gasteiger partial charge in [0.05, 0.1) is 18.4 Å². The lowest BCUT2D eigenvalue weighted by molar-refractivity contribution is -0.120. The molecule has 2 aromatic carbocycles. The SMILES string of the molecule is COC(=O)c1ccccc1N(CC(=O)Nc1cc(Cl)ccc1C)C(C)=O. The third kappa shape index (κ3) is 4.61. The van der Waals surface area contributed by atoms with Crippen LogP contribution in [-0.4, -0.2) is 31.4 Å². The third-order valence-corrected chi connectivity index (χ3v) is 3.99. The zero-order valence-corrected chi connectivity index (χ0v) is 15.5. The Balaban J connectivity index is 2.27. The molecule has 0 aromatic heterocycles. The minimum atomic E-state index is -0.585. The van der Waals surface area contributed by atoms with Crippen LogP contribution in [0.25, 0.3) is 0 Å². The number of halogens is 1. The highest BCUT2D eigenvalue weighted by atomic mass is 35.5. The maximum Gasteiger partial charge on any atom is 0.339 e. The molecule has 7 heteroatoms. The fourth-order valence-electron chi connectivity index (χ4n) is 2.42. The lowest BCUT2D eigenvalue weighted by Crippen LogP contribution is -2.37. The summed E-state index contributed by atoms with van der Waals surface area (Å²) in [5, 5.41) is 3.23. The standard InChI is InChI=1S/C19H19ClN2O4/c1-12-8-9-14(20)10-16(12)21-18(24)11-22(13(2)23)17-7-5-4-6-15(17)19(25)26-3/h4-10H,11H2,1-3H3,(H,21,24). The highest BCUT2D eigenvalue weighted by Gasteiger charge is 2.22. The number of amides is 2. The molecule has 0 heterocycles. The second-order valence-corrected chi connectivity index (χ2v) is 6.06. The molecule has 0 unspecified atom stereocenters. The number of para-hydroxylation sites is 1. The number of benzene rings is 2. The van der Waals surface area contributed by atoms with Gasteiger partial charge in [-0.05, 0) is 36.8 Å². The first kappa shape index (κ1) is 19.5. The van der Waals surface area contributed by atoms with Gasteiger partial charge in [-0.3, -0.25) is 9.59 Å². The Labute approximate surface area is 156 Å². The van der Waals surface area contributed by atoms with Gasteiger partial charge in [0.1, 0.15) is 6.54 Å². The predicted octanol–water partition coefficient (Wildman–Crippen LogP) is 3.43. The molecule has 2 aromatic rings. The molecule has 0 radical (unpaired) electrons. The van der Waals surface area contributed by atoms with E-state index in [9.17, 15) is 14.4 Å². The van der Waals surface area contributed by atoms with Gasteiger partial charge >= 0.3 is 5.97 Å². The number of esters is 1. The van der Waals surface area contributed by atoms with Crippen LogP contribution in [0.2, 0.25) is 5.02 Å². The molecule has 2 rings (SSSR count). The van der Waals surface area contributed by atoms with Crippen LogP contribution >= 0.6 is 11.6 Å². The highest BCUT2D eigenvalue weighted by Crippen LogP contribution is 2.23. The Morgan fingerprint density at radius 2 is 1.85 bits per heavy atom. The average Bonchev–Trinajstić information content (AvgIpc) is 2.62. The summed E-state index contributed by atoms with van der Waals surface area (Å²) in [7, 11) is 1.26. The summed E-state index contributed by atoms with van der Waals surface area (Å²) < 4.78 is 4.74. The van der Waals surface area contributed by atoms with E-state index in [2.05, 4.69) is 5.32 Å². The summed E-state index contributed by atoms with van der Waals surface area (Å²) in [6.45, 7) is 2.91. The molecular formula is C19H19ClN2O4. The van der Waals surface area contributed by atoms with Crippen molar-refractivity contribution in [2.45, 2.75) is 13.8 Å². The van der Waals surface area contributed by atoms with Gasteiger partial charge in [-0.2, -0.15) is 0 Å². The third-order valence-electron chi connectivity index (χ3n) is 3.76. The molecule has 0 fully saturated rings. The van der Waals surface area contributed by atoms with Crippen molar-refractivity contribution in [1.29, 1.82) is 0 Å². The number of rotatable bonds is 5. The summed E-state index contributed by atoms with van der Waals surface area (Å²) >= 11 is 5.96. The minimum Gasteiger partial charge on any atom is -0.465 e. The zero-order chi connectivity index (χ0) is 19.3. The molecule has 26 heavy (non-hydrogen) atoms. The molecule has 2 amide bonds. The minimum absolute atomic E-state index is 0.205. The van der Waals surface area contributed by atoms with Crippen LogP contribution < -0.4 is 10.2 Å². The van der Waals surface area contributed by atoms with Gasteiger partial charge in [0.15, 0.2) is 0 Å². The lowest BCUT2D eigenvalue weighted by atomic mass is 10.1. The predicted molar refractivity (Wildman–Crippen MR) is 101 cm³/mol. The molecule has 0 aliphatic rings. The van der Waals surface area contributed by atoms with Gasteiger partial charge in [-0.1, -0.05) is 29.8 Å². The number of ether oxygens (including phenoxy) is 1. The molecule has 1 N–H and O–H groups in total. The molecule has 6 nitrogen and oxygen atoms in total. The van der Waals surface area contributed by atoms with E-state index < -0.39 is 11.9 Å². The molecule has 0 aliphatic heterocycles. The normalized spacial score (nSPS) is 10.2. The second-order valence-electron chi connectivity index (χ2n) is 5.62. The number of methoxy groups -OCH3 is 1. The van der Waals surface area contributed by atoms with E-state index >= 15 is 0 Å². The van der Waals surface area contributed by atoms with Gasteiger partial charge in [0, 0.05) is 17.6 Å². The monoisotopic (exact) mass is 374 g/mol. The highest BCUT2D eigenvalue weighted by molar-refractivity contribution is 6.31. The number of nitrogens with zero attached hydrogens (tertiary/aromatic N) is 1. The summed E-state index contributed by atoms with van der Waals surface area (Å²) in [5.74, 6) is -1.37. The van der Waals surface area contributed by atoms with E-state index in [1.807, 2.05) is 6.92 Å². The van der Waals surface area contributed by atoms with Crippen LogP contribution in [0.3, 0.4) is 0 Å². The number of hydrogen-bond acceptors (Lipinski definition) is 4. The van der Waals surface area contributed by atoms with E-state index in [0.29, 0.717) is 16.4 Å². The van der Waals surface area contributed by atoms with E-state index in [1.54, 1.807) is 36.4 Å². The Bertz CT molecular complexity index is 851. The number of carbonyl (C=O) groups is 3. The topological polar surface area (TPSA) is 75.7 Å². The summed E-state index contributed by atoms with van der Waals surface area (Å²) in [4.78, 5) is 37.7. The lowest BCUT2D eigenvalue weighted by Gasteiger charge is -2.23. The van der Waals surface area contributed by atoms with Crippen molar-refractivity contribution < 1.29 is 19.1 Å². The Morgan fingerprint density at radius 1 is 1.15 bits per heavy atom. The van der Waals surface area contributed by atoms with Crippen molar-refractivity contribution in [2.75, 3.05) is 23.9 Å². The molecule has 0 saturated heterocycles. The number of carbonyl (C=O) groups excluding carboxylic acids is 3. The first-order valence-electron chi connectivity index (χ1n) is 7.85. The Kier molecular flexibility index (Phi) is 6.36. The van der Waals surface area contributed by atoms with Crippen LogP contribution in [0.5, 0.6) is 0 Å². The van der Waals surface area contributed by atoms with Crippen LogP contribution in [0.15, 0.2) is 42.5 Å². The molecule has 0 saturated carbocycles. The first-order valence-corrected chi connectivity index (χ1v) is 8.22. The van der Waals surface area contributed by atoms with E-state index in [0.717, 1.165) is 5.56 Å². The van der Waals surface area contributed by atoms with E-state index in [4.69, 9.17) is 16.3 Å². The number of hydrogen-bond donors (Lipinski definition) is 1. The molecule has 0 bridgehead atoms. The number of aryl methyl sites for hydroxylation is 1. The average molecular weight is 375 g/mol. The first-order chi connectivity index (χ1) is 12.3. The van der Waals surface area contributed by atoms with E-state index in [1.165, 1.54) is 25.0 Å². The van der Waals surface area contributed by atoms with Crippen molar-refractivity contribution in [1.82, 2.24) is 0 Å². The summed E-state index contributed by atoms with van der Waals surface area (Å²) in [6, 6.07) is 11.6. The maximum atomic E-state index is 12.5. The molecule has 136 valence electrons. The van der Waals surface area contributed by atoms with Gasteiger partial charge in [-0.25, -0.2) is 4.79 Å². The Morgan fingerprint density at radius 3 is 2.50 bits per heavy atom. The van der Waals surface area contributed by atoms with Crippen LogP contribution in [-0.2, 0) is 14.3 Å². The van der Waals surface area contributed by atoms with Gasteiger partial charge < -0.3 is 15.0 Å². The number of nitrogens with one attached hydrogen (secondary N) is 1. The second kappa shape index (κ2) is 8.49. The molecule has 0 aliphatic carbocycles. The fourth-order valence-corrected chi connectivity index (χ4v) is 2.59. The molecular weight excluding hydrogens is 356 g/mol. The van der Waals surface area contributed by atoms with Gasteiger partial charge in [0.25, 0.3) is 0 Å². The smallest absolute Gasteiger partial charge is 0.339 e. The van der Waals surface area contributed by atoms with Crippen molar-refractivity contribution in [3.05, 3.63) is 58.6 Å². The maximum absolute atomic E-state index is 12.5. The van der Waals surface area contributed by atoms with Crippen LogP contribution in [0, 0.1) is 6.92 Å². The van der Waals surface area contributed by atoms with Gasteiger partial charge in [-0.15, -0.1) is 0 Å². The summed E-state index contributed by atoms with van der Waals surface area (Å²) in [5.41, 5.74) is 1.92. The number of anilines is 2. The van der Waals surface area contributed by atoms with Crippen molar-refractivity contribution in [3.63, 3.8) is 0 Å². The van der Waals surface area contributed by atoms with Crippen molar-refractivity contribution in [2.24, 2.45) is 0 Å². The van der Waals surface area contributed by atoms with Crippen LogP contribution in [0.4, 0.5) is 11.4 Å². The fraction of sp³-hybridized carbons (Fsp3) is 0.211. The van der Waals surface area contributed by atoms with Crippen molar-refractivity contribution in [3.8, 4) is 0 Å². The Hall–Kier alpha value is -2.86. The van der Waals surface area contributed by atoms with Crippen LogP contribution in [0.1, 0.15) is 22.8 Å². The summed E-state index contributed by atoms with van der Waals surface area (Å²) in [6.07, 6.45) is 0. The molecule has 0 atom stereocenters. The quantitative estimate of drug-likeness (QED) is 0.813. The van der Waals surface area contributed by atoms with Gasteiger partial charge in [0.2, 0.25) is 11.8 Å². The largest absolute Gasteiger partial charge is 0.465 e. The zero-order valence-electron chi connectivity index (χ0n) is 14.7. The van der Waals surface area contributed by atoms with Crippen molar-refractivity contribution >= 4 is 40.8 Å². The molecule has 0 spiro atoms. The van der Waals surface area contributed by atoms with E-state index in [-0.39, 0.29) is 18.0 Å².